The molecule has 0 spiro atoms. The summed E-state index contributed by atoms with van der Waals surface area (Å²) >= 11 is 0. The molecular weight excluding hydrogens is 266 g/mol. The van der Waals surface area contributed by atoms with Gasteiger partial charge in [-0.05, 0) is 37.5 Å². The average molecular weight is 299 g/mol. The molecule has 0 heterocycles. The predicted molar refractivity (Wildman–Crippen MR) is 84.2 cm³/mol. The molecule has 5 unspecified atom stereocenters. The van der Waals surface area contributed by atoms with Crippen molar-refractivity contribution in [3.05, 3.63) is 0 Å². The number of hydrogen-bond acceptors (Lipinski definition) is 4. The van der Waals surface area contributed by atoms with Crippen LogP contribution in [0.4, 0.5) is 0 Å². The second-order valence-electron chi connectivity index (χ2n) is 6.87. The second kappa shape index (κ2) is 9.09. The van der Waals surface area contributed by atoms with Crippen LogP contribution >= 0.6 is 0 Å². The van der Waals surface area contributed by atoms with E-state index in [0.29, 0.717) is 37.1 Å². The lowest BCUT2D eigenvalue weighted by molar-refractivity contribution is -0.0506. The van der Waals surface area contributed by atoms with Crippen molar-refractivity contribution < 1.29 is 14.9 Å². The Morgan fingerprint density at radius 1 is 1.10 bits per heavy atom. The maximum atomic E-state index is 10.1. The van der Waals surface area contributed by atoms with Crippen molar-refractivity contribution in [1.29, 1.82) is 0 Å². The maximum absolute atomic E-state index is 10.1. The number of nitrogens with one attached hydrogen (secondary N) is 1. The zero-order chi connectivity index (χ0) is 15.1. The number of ether oxygens (including phenoxy) is 1. The molecule has 0 bridgehead atoms. The molecule has 2 rings (SSSR count). The van der Waals surface area contributed by atoms with E-state index in [2.05, 4.69) is 12.2 Å². The average Bonchev–Trinajstić information content (AvgIpc) is 2.98. The Hall–Kier alpha value is -0.160. The van der Waals surface area contributed by atoms with Crippen LogP contribution in [-0.4, -0.2) is 48.2 Å². The zero-order valence-corrected chi connectivity index (χ0v) is 13.5. The molecule has 0 saturated heterocycles. The first kappa shape index (κ1) is 17.2. The lowest BCUT2D eigenvalue weighted by atomic mass is 9.85. The molecule has 4 heteroatoms. The maximum Gasteiger partial charge on any atom is 0.0897 e. The Kier molecular flexibility index (Phi) is 7.44. The molecule has 2 aliphatic carbocycles. The summed E-state index contributed by atoms with van der Waals surface area (Å²) in [4.78, 5) is 0. The molecule has 0 amide bonds. The van der Waals surface area contributed by atoms with Crippen molar-refractivity contribution in [3.63, 3.8) is 0 Å². The Balaban J connectivity index is 1.63. The number of aliphatic hydroxyl groups excluding tert-OH is 2. The largest absolute Gasteiger partial charge is 0.396 e. The van der Waals surface area contributed by atoms with E-state index in [4.69, 9.17) is 4.74 Å². The highest BCUT2D eigenvalue weighted by atomic mass is 16.5. The highest BCUT2D eigenvalue weighted by molar-refractivity contribution is 4.83. The predicted octanol–water partition coefficient (Wildman–Crippen LogP) is 2.08. The van der Waals surface area contributed by atoms with Crippen LogP contribution in [0.5, 0.6) is 0 Å². The Bertz CT molecular complexity index is 287. The molecule has 0 aromatic carbocycles. The van der Waals surface area contributed by atoms with Gasteiger partial charge in [-0.1, -0.05) is 32.6 Å². The number of hydrogen-bond donors (Lipinski definition) is 3. The normalized spacial score (nSPS) is 35.0. The number of rotatable bonds is 8. The topological polar surface area (TPSA) is 61.7 Å². The SMILES string of the molecule is CCC1CCCCC1OCC(O)CNC1CCCC1CO. The summed E-state index contributed by atoms with van der Waals surface area (Å²) in [5.41, 5.74) is 0. The summed E-state index contributed by atoms with van der Waals surface area (Å²) < 4.78 is 5.98. The van der Waals surface area contributed by atoms with E-state index in [1.54, 1.807) is 0 Å². The Labute approximate surface area is 129 Å². The van der Waals surface area contributed by atoms with Crippen molar-refractivity contribution in [2.45, 2.75) is 76.5 Å². The van der Waals surface area contributed by atoms with E-state index in [9.17, 15) is 10.2 Å². The Morgan fingerprint density at radius 2 is 1.86 bits per heavy atom. The quantitative estimate of drug-likeness (QED) is 0.642. The fourth-order valence-corrected chi connectivity index (χ4v) is 3.97. The van der Waals surface area contributed by atoms with Gasteiger partial charge >= 0.3 is 0 Å². The van der Waals surface area contributed by atoms with Crippen LogP contribution in [0.25, 0.3) is 0 Å². The summed E-state index contributed by atoms with van der Waals surface area (Å²) in [7, 11) is 0. The zero-order valence-electron chi connectivity index (χ0n) is 13.5. The molecule has 2 aliphatic rings. The lowest BCUT2D eigenvalue weighted by Crippen LogP contribution is -2.41. The highest BCUT2D eigenvalue weighted by Gasteiger charge is 2.27. The minimum atomic E-state index is -0.440. The van der Waals surface area contributed by atoms with Crippen LogP contribution in [0, 0.1) is 11.8 Å². The van der Waals surface area contributed by atoms with Crippen LogP contribution in [0.1, 0.15) is 58.3 Å². The van der Waals surface area contributed by atoms with Gasteiger partial charge in [-0.2, -0.15) is 0 Å². The minimum absolute atomic E-state index is 0.254. The van der Waals surface area contributed by atoms with E-state index in [-0.39, 0.29) is 6.61 Å². The van der Waals surface area contributed by atoms with Crippen LogP contribution in [0.3, 0.4) is 0 Å². The van der Waals surface area contributed by atoms with Crippen LogP contribution in [0.15, 0.2) is 0 Å². The van der Waals surface area contributed by atoms with Gasteiger partial charge in [-0.3, -0.25) is 0 Å². The van der Waals surface area contributed by atoms with Gasteiger partial charge in [-0.25, -0.2) is 0 Å². The molecule has 0 radical (unpaired) electrons. The standard InChI is InChI=1S/C17H33NO3/c1-2-13-6-3-4-9-17(13)21-12-15(20)10-18-16-8-5-7-14(16)11-19/h13-20H,2-12H2,1H3. The van der Waals surface area contributed by atoms with E-state index in [1.807, 2.05) is 0 Å². The van der Waals surface area contributed by atoms with Gasteiger partial charge in [0.15, 0.2) is 0 Å². The van der Waals surface area contributed by atoms with Crippen LogP contribution in [-0.2, 0) is 4.74 Å². The van der Waals surface area contributed by atoms with Gasteiger partial charge in [-0.15, -0.1) is 0 Å². The van der Waals surface area contributed by atoms with Crippen molar-refractivity contribution in [2.75, 3.05) is 19.8 Å². The fraction of sp³-hybridized carbons (Fsp3) is 1.00. The van der Waals surface area contributed by atoms with Gasteiger partial charge in [0.2, 0.25) is 0 Å². The highest BCUT2D eigenvalue weighted by Crippen LogP contribution is 2.29. The van der Waals surface area contributed by atoms with E-state index in [0.717, 1.165) is 19.3 Å². The van der Waals surface area contributed by atoms with Crippen molar-refractivity contribution in [2.24, 2.45) is 11.8 Å². The van der Waals surface area contributed by atoms with Gasteiger partial charge in [0.25, 0.3) is 0 Å². The summed E-state index contributed by atoms with van der Waals surface area (Å²) in [5.74, 6) is 1.04. The third-order valence-electron chi connectivity index (χ3n) is 5.38. The van der Waals surface area contributed by atoms with Gasteiger partial charge in [0, 0.05) is 19.2 Å². The number of aliphatic hydroxyl groups is 2. The molecule has 3 N–H and O–H groups in total. The first-order valence-electron chi connectivity index (χ1n) is 8.88. The fourth-order valence-electron chi connectivity index (χ4n) is 3.97. The molecular formula is C17H33NO3. The summed E-state index contributed by atoms with van der Waals surface area (Å²) in [6, 6.07) is 0.364. The third-order valence-corrected chi connectivity index (χ3v) is 5.38. The molecule has 0 aromatic rings. The van der Waals surface area contributed by atoms with E-state index < -0.39 is 6.10 Å². The first-order valence-corrected chi connectivity index (χ1v) is 8.88. The molecule has 2 fully saturated rings. The molecule has 124 valence electrons. The van der Waals surface area contributed by atoms with Crippen molar-refractivity contribution >= 4 is 0 Å². The van der Waals surface area contributed by atoms with Gasteiger partial charge in [0.05, 0.1) is 18.8 Å². The second-order valence-corrected chi connectivity index (χ2v) is 6.87. The Morgan fingerprint density at radius 3 is 2.62 bits per heavy atom. The monoisotopic (exact) mass is 299 g/mol. The molecule has 5 atom stereocenters. The third kappa shape index (κ3) is 5.20. The summed E-state index contributed by atoms with van der Waals surface area (Å²) in [6.45, 7) is 3.50. The van der Waals surface area contributed by atoms with Crippen LogP contribution in [0.2, 0.25) is 0 Å². The van der Waals surface area contributed by atoms with Gasteiger partial charge in [0.1, 0.15) is 0 Å². The molecule has 4 nitrogen and oxygen atoms in total. The van der Waals surface area contributed by atoms with Gasteiger partial charge < -0.3 is 20.3 Å². The molecule has 0 aromatic heterocycles. The lowest BCUT2D eigenvalue weighted by Gasteiger charge is -2.31. The van der Waals surface area contributed by atoms with Crippen molar-refractivity contribution in [1.82, 2.24) is 5.32 Å². The smallest absolute Gasteiger partial charge is 0.0897 e. The first-order chi connectivity index (χ1) is 10.2. The summed E-state index contributed by atoms with van der Waals surface area (Å²) in [5, 5.41) is 22.8. The molecule has 21 heavy (non-hydrogen) atoms. The van der Waals surface area contributed by atoms with Crippen molar-refractivity contribution in [3.8, 4) is 0 Å². The van der Waals surface area contributed by atoms with Crippen LogP contribution < -0.4 is 5.32 Å². The summed E-state index contributed by atoms with van der Waals surface area (Å²) in [6.07, 6.45) is 9.47. The van der Waals surface area contributed by atoms with E-state index in [1.165, 1.54) is 32.1 Å². The minimum Gasteiger partial charge on any atom is -0.396 e. The molecule has 0 aliphatic heterocycles. The van der Waals surface area contributed by atoms with E-state index >= 15 is 0 Å². The molecule has 2 saturated carbocycles.